The van der Waals surface area contributed by atoms with Crippen LogP contribution in [0.25, 0.3) is 0 Å². The number of carbonyl (C=O) groups excluding carboxylic acids is 1. The Bertz CT molecular complexity index is 1210. The van der Waals surface area contributed by atoms with Gasteiger partial charge in [-0.1, -0.05) is 99.8 Å². The zero-order chi connectivity index (χ0) is 30.9. The Hall–Kier alpha value is -3.32. The first-order valence-corrected chi connectivity index (χ1v) is 16.9. The van der Waals surface area contributed by atoms with E-state index < -0.39 is 12.0 Å². The fourth-order valence-corrected chi connectivity index (χ4v) is 7.80. The minimum absolute atomic E-state index is 0.140. The second-order valence-corrected chi connectivity index (χ2v) is 13.1. The van der Waals surface area contributed by atoms with Gasteiger partial charge in [-0.05, 0) is 49.1 Å². The van der Waals surface area contributed by atoms with Gasteiger partial charge in [-0.25, -0.2) is 4.79 Å². The third-order valence-electron chi connectivity index (χ3n) is 10.3. The monoisotopic (exact) mass is 601 g/mol. The standard InChI is InChI=1S/C37H51N3O4/c1-3-4-22-40(37(43)44-27-29-14-8-5-9-15-29)32-20-23-38(24-21-32)28(2)33-25-39(26-34(33)30-16-10-6-11-17-30)35(36(41)42)31-18-12-7-13-19-31/h5-6,8-11,14-17,31-35H,2-4,7,12-13,18-27H2,1H3,(H,41,42)/t33-,34-,35?/m1/s1. The van der Waals surface area contributed by atoms with Crippen molar-refractivity contribution in [2.75, 3.05) is 32.7 Å². The van der Waals surface area contributed by atoms with Gasteiger partial charge in [-0.2, -0.15) is 0 Å². The van der Waals surface area contributed by atoms with E-state index in [0.717, 1.165) is 88.8 Å². The van der Waals surface area contributed by atoms with Gasteiger partial charge in [0.1, 0.15) is 12.6 Å². The van der Waals surface area contributed by atoms with Crippen LogP contribution in [0.1, 0.15) is 81.8 Å². The quantitative estimate of drug-likeness (QED) is 0.279. The van der Waals surface area contributed by atoms with Crippen LogP contribution in [-0.4, -0.2) is 76.7 Å². The summed E-state index contributed by atoms with van der Waals surface area (Å²) in [6.07, 6.45) is 8.98. The number of rotatable bonds is 12. The summed E-state index contributed by atoms with van der Waals surface area (Å²) in [6, 6.07) is 20.1. The number of aliphatic carboxylic acids is 1. The number of nitrogens with zero attached hydrogens (tertiary/aromatic N) is 3. The van der Waals surface area contributed by atoms with E-state index in [1.54, 1.807) is 0 Å². The van der Waals surface area contributed by atoms with E-state index in [4.69, 9.17) is 4.74 Å². The van der Waals surface area contributed by atoms with Gasteiger partial charge in [0.15, 0.2) is 0 Å². The van der Waals surface area contributed by atoms with Crippen molar-refractivity contribution in [3.63, 3.8) is 0 Å². The molecule has 1 unspecified atom stereocenters. The number of carbonyl (C=O) groups is 2. The molecule has 44 heavy (non-hydrogen) atoms. The molecule has 3 fully saturated rings. The number of likely N-dealkylation sites (tertiary alicyclic amines) is 2. The van der Waals surface area contributed by atoms with Crippen LogP contribution < -0.4 is 0 Å². The highest BCUT2D eigenvalue weighted by Gasteiger charge is 2.44. The van der Waals surface area contributed by atoms with Crippen molar-refractivity contribution in [1.82, 2.24) is 14.7 Å². The van der Waals surface area contributed by atoms with Crippen molar-refractivity contribution >= 4 is 12.1 Å². The van der Waals surface area contributed by atoms with Crippen LogP contribution >= 0.6 is 0 Å². The minimum atomic E-state index is -0.679. The Labute approximate surface area is 263 Å². The van der Waals surface area contributed by atoms with Crippen molar-refractivity contribution in [3.05, 3.63) is 84.1 Å². The molecule has 3 aliphatic rings. The Morgan fingerprint density at radius 3 is 2.25 bits per heavy atom. The predicted octanol–water partition coefficient (Wildman–Crippen LogP) is 7.15. The van der Waals surface area contributed by atoms with Gasteiger partial charge in [-0.15, -0.1) is 0 Å². The highest BCUT2D eigenvalue weighted by atomic mass is 16.6. The molecule has 0 bridgehead atoms. The summed E-state index contributed by atoms with van der Waals surface area (Å²) < 4.78 is 5.76. The average Bonchev–Trinajstić information content (AvgIpc) is 3.50. The van der Waals surface area contributed by atoms with Gasteiger partial charge in [0.05, 0.1) is 0 Å². The molecule has 238 valence electrons. The van der Waals surface area contributed by atoms with Gasteiger partial charge in [0.25, 0.3) is 0 Å². The predicted molar refractivity (Wildman–Crippen MR) is 174 cm³/mol. The smallest absolute Gasteiger partial charge is 0.410 e. The highest BCUT2D eigenvalue weighted by molar-refractivity contribution is 5.74. The first kappa shape index (κ1) is 32.1. The molecular formula is C37H51N3O4. The topological polar surface area (TPSA) is 73.3 Å². The van der Waals surface area contributed by atoms with Crippen molar-refractivity contribution in [2.45, 2.75) is 89.3 Å². The molecular weight excluding hydrogens is 550 g/mol. The third-order valence-corrected chi connectivity index (χ3v) is 10.3. The maximum atomic E-state index is 13.3. The van der Waals surface area contributed by atoms with Crippen LogP contribution in [0.5, 0.6) is 0 Å². The zero-order valence-electron chi connectivity index (χ0n) is 26.5. The molecule has 7 heteroatoms. The van der Waals surface area contributed by atoms with Crippen LogP contribution in [0.15, 0.2) is 72.9 Å². The number of benzene rings is 2. The molecule has 1 saturated carbocycles. The number of piperidine rings is 1. The lowest BCUT2D eigenvalue weighted by atomic mass is 9.83. The van der Waals surface area contributed by atoms with Gasteiger partial charge < -0.3 is 19.6 Å². The molecule has 2 aromatic rings. The largest absolute Gasteiger partial charge is 0.480 e. The van der Waals surface area contributed by atoms with E-state index >= 15 is 0 Å². The lowest BCUT2D eigenvalue weighted by molar-refractivity contribution is -0.145. The second-order valence-electron chi connectivity index (χ2n) is 13.1. The summed E-state index contributed by atoms with van der Waals surface area (Å²) in [6.45, 7) is 10.9. The van der Waals surface area contributed by atoms with Crippen LogP contribution in [-0.2, 0) is 16.1 Å². The molecule has 7 nitrogen and oxygen atoms in total. The Morgan fingerprint density at radius 1 is 0.955 bits per heavy atom. The van der Waals surface area contributed by atoms with E-state index in [1.807, 2.05) is 41.3 Å². The molecule has 2 aliphatic heterocycles. The van der Waals surface area contributed by atoms with E-state index in [-0.39, 0.29) is 36.5 Å². The van der Waals surface area contributed by atoms with E-state index in [1.165, 1.54) is 12.0 Å². The molecule has 1 aliphatic carbocycles. The first-order chi connectivity index (χ1) is 21.5. The molecule has 0 radical (unpaired) electrons. The molecule has 2 heterocycles. The number of hydrogen-bond donors (Lipinski definition) is 1. The molecule has 2 aromatic carbocycles. The Morgan fingerprint density at radius 2 is 1.61 bits per heavy atom. The molecule has 1 N–H and O–H groups in total. The Kier molecular flexibility index (Phi) is 11.4. The summed E-state index contributed by atoms with van der Waals surface area (Å²) in [5, 5.41) is 10.4. The lowest BCUT2D eigenvalue weighted by Crippen LogP contribution is -2.48. The first-order valence-electron chi connectivity index (χ1n) is 16.9. The normalized spacial score (nSPS) is 22.4. The van der Waals surface area contributed by atoms with Crippen LogP contribution in [0.4, 0.5) is 4.79 Å². The fourth-order valence-electron chi connectivity index (χ4n) is 7.80. The van der Waals surface area contributed by atoms with E-state index in [2.05, 4.69) is 47.6 Å². The van der Waals surface area contributed by atoms with Crippen LogP contribution in [0.2, 0.25) is 0 Å². The second kappa shape index (κ2) is 15.6. The maximum Gasteiger partial charge on any atom is 0.410 e. The van der Waals surface area contributed by atoms with Crippen LogP contribution in [0, 0.1) is 11.8 Å². The molecule has 0 spiro atoms. The zero-order valence-corrected chi connectivity index (χ0v) is 26.5. The maximum absolute atomic E-state index is 13.3. The van der Waals surface area contributed by atoms with Crippen molar-refractivity contribution in [3.8, 4) is 0 Å². The summed E-state index contributed by atoms with van der Waals surface area (Å²) >= 11 is 0. The number of amides is 1. The molecule has 0 aromatic heterocycles. The molecule has 5 rings (SSSR count). The molecule has 3 atom stereocenters. The fraction of sp³-hybridized carbons (Fsp3) is 0.568. The molecule has 2 saturated heterocycles. The number of ether oxygens (including phenoxy) is 1. The van der Waals surface area contributed by atoms with Crippen molar-refractivity contribution < 1.29 is 19.4 Å². The summed E-state index contributed by atoms with van der Waals surface area (Å²) in [4.78, 5) is 32.5. The number of unbranched alkanes of at least 4 members (excludes halogenated alkanes) is 1. The van der Waals surface area contributed by atoms with Crippen molar-refractivity contribution in [1.29, 1.82) is 0 Å². The lowest BCUT2D eigenvalue weighted by Gasteiger charge is -2.41. The van der Waals surface area contributed by atoms with Gasteiger partial charge >= 0.3 is 12.1 Å². The summed E-state index contributed by atoms with van der Waals surface area (Å²) in [5.74, 6) is -0.0920. The minimum Gasteiger partial charge on any atom is -0.480 e. The van der Waals surface area contributed by atoms with E-state index in [0.29, 0.717) is 6.54 Å². The average molecular weight is 602 g/mol. The SMILES string of the molecule is C=C([C@H]1CN(C(C(=O)O)C2CCCCC2)C[C@@H]1c1ccccc1)N1CCC(N(CCCC)C(=O)OCc2ccccc2)CC1. The highest BCUT2D eigenvalue weighted by Crippen LogP contribution is 2.42. The number of carboxylic acid groups (broad SMARTS) is 1. The summed E-state index contributed by atoms with van der Waals surface area (Å²) in [5.41, 5.74) is 3.37. The number of carboxylic acids is 1. The van der Waals surface area contributed by atoms with Gasteiger partial charge in [0, 0.05) is 56.3 Å². The Balaban J connectivity index is 1.25. The van der Waals surface area contributed by atoms with E-state index in [9.17, 15) is 14.7 Å². The third kappa shape index (κ3) is 7.84. The van der Waals surface area contributed by atoms with Gasteiger partial charge in [0.2, 0.25) is 0 Å². The summed E-state index contributed by atoms with van der Waals surface area (Å²) in [7, 11) is 0. The molecule has 1 amide bonds. The van der Waals surface area contributed by atoms with Crippen molar-refractivity contribution in [2.24, 2.45) is 11.8 Å². The number of hydrogen-bond acceptors (Lipinski definition) is 5. The van der Waals surface area contributed by atoms with Gasteiger partial charge in [-0.3, -0.25) is 9.69 Å². The van der Waals surface area contributed by atoms with Crippen LogP contribution in [0.3, 0.4) is 0 Å².